The molecule has 2 atom stereocenters. The molecule has 1 unspecified atom stereocenters. The zero-order valence-corrected chi connectivity index (χ0v) is 16.7. The van der Waals surface area contributed by atoms with Gasteiger partial charge in [0, 0.05) is 12.1 Å². The van der Waals surface area contributed by atoms with Gasteiger partial charge in [0.2, 0.25) is 0 Å². The number of carboxylic acid groups (broad SMARTS) is 2. The lowest BCUT2D eigenvalue weighted by molar-refractivity contribution is -0.143. The first-order valence-corrected chi connectivity index (χ1v) is 9.10. The summed E-state index contributed by atoms with van der Waals surface area (Å²) < 4.78 is 22.2. The SMILES string of the molecule is CC(C)(C)OC(=O)N[C@@H](CCC(Cc1ccc(OCCF)cn1)C(=O)O)C(=O)O. The number of halogens is 1. The van der Waals surface area contributed by atoms with E-state index in [1.54, 1.807) is 32.9 Å². The van der Waals surface area contributed by atoms with E-state index in [0.29, 0.717) is 11.4 Å². The van der Waals surface area contributed by atoms with Gasteiger partial charge in [-0.05, 0) is 45.7 Å². The predicted molar refractivity (Wildman–Crippen MR) is 101 cm³/mol. The number of aromatic nitrogens is 1. The Labute approximate surface area is 168 Å². The number of hydrogen-bond acceptors (Lipinski definition) is 6. The summed E-state index contributed by atoms with van der Waals surface area (Å²) in [7, 11) is 0. The van der Waals surface area contributed by atoms with Crippen LogP contribution in [0.1, 0.15) is 39.3 Å². The summed E-state index contributed by atoms with van der Waals surface area (Å²) in [4.78, 5) is 38.8. The molecular formula is C19H27FN2O7. The number of amides is 1. The van der Waals surface area contributed by atoms with Gasteiger partial charge in [0.1, 0.15) is 30.7 Å². The highest BCUT2D eigenvalue weighted by Crippen LogP contribution is 2.17. The van der Waals surface area contributed by atoms with Gasteiger partial charge < -0.3 is 25.0 Å². The van der Waals surface area contributed by atoms with Crippen molar-refractivity contribution < 1.29 is 38.5 Å². The zero-order chi connectivity index (χ0) is 22.0. The lowest BCUT2D eigenvalue weighted by atomic mass is 9.95. The normalized spacial score (nSPS) is 13.2. The van der Waals surface area contributed by atoms with Crippen LogP contribution in [0.2, 0.25) is 0 Å². The maximum absolute atomic E-state index is 12.1. The number of nitrogens with zero attached hydrogens (tertiary/aromatic N) is 1. The first-order chi connectivity index (χ1) is 13.5. The molecule has 0 aliphatic carbocycles. The zero-order valence-electron chi connectivity index (χ0n) is 16.7. The highest BCUT2D eigenvalue weighted by atomic mass is 19.1. The van der Waals surface area contributed by atoms with Crippen molar-refractivity contribution >= 4 is 18.0 Å². The maximum atomic E-state index is 12.1. The molecule has 0 aromatic carbocycles. The summed E-state index contributed by atoms with van der Waals surface area (Å²) in [6, 6.07) is 1.84. The third-order valence-electron chi connectivity index (χ3n) is 3.74. The Hall–Kier alpha value is -2.91. The van der Waals surface area contributed by atoms with Crippen molar-refractivity contribution in [1.82, 2.24) is 10.3 Å². The highest BCUT2D eigenvalue weighted by molar-refractivity contribution is 5.80. The number of carboxylic acids is 2. The summed E-state index contributed by atoms with van der Waals surface area (Å²) in [5.41, 5.74) is -0.320. The predicted octanol–water partition coefficient (Wildman–Crippen LogP) is 2.43. The second-order valence-corrected chi connectivity index (χ2v) is 7.38. The summed E-state index contributed by atoms with van der Waals surface area (Å²) in [6.45, 7) is 4.20. The third-order valence-corrected chi connectivity index (χ3v) is 3.74. The van der Waals surface area contributed by atoms with Crippen LogP contribution in [-0.2, 0) is 20.7 Å². The van der Waals surface area contributed by atoms with Gasteiger partial charge in [0.05, 0.1) is 12.1 Å². The van der Waals surface area contributed by atoms with Crippen LogP contribution in [0.3, 0.4) is 0 Å². The number of hydrogen-bond donors (Lipinski definition) is 3. The number of nitrogens with one attached hydrogen (secondary N) is 1. The van der Waals surface area contributed by atoms with Crippen LogP contribution in [-0.4, -0.2) is 58.2 Å². The van der Waals surface area contributed by atoms with E-state index in [9.17, 15) is 29.0 Å². The second kappa shape index (κ2) is 11.2. The molecule has 0 aliphatic heterocycles. The fourth-order valence-electron chi connectivity index (χ4n) is 2.41. The smallest absolute Gasteiger partial charge is 0.408 e. The van der Waals surface area contributed by atoms with E-state index < -0.39 is 42.3 Å². The van der Waals surface area contributed by atoms with Gasteiger partial charge in [-0.2, -0.15) is 0 Å². The molecule has 0 radical (unpaired) electrons. The number of ether oxygens (including phenoxy) is 2. The highest BCUT2D eigenvalue weighted by Gasteiger charge is 2.27. The molecule has 10 heteroatoms. The van der Waals surface area contributed by atoms with Crippen LogP contribution in [0.4, 0.5) is 9.18 Å². The molecule has 0 saturated carbocycles. The summed E-state index contributed by atoms with van der Waals surface area (Å²) in [5, 5.41) is 21.0. The monoisotopic (exact) mass is 414 g/mol. The molecule has 0 saturated heterocycles. The molecule has 0 aliphatic rings. The molecule has 9 nitrogen and oxygen atoms in total. The van der Waals surface area contributed by atoms with E-state index in [0.717, 1.165) is 0 Å². The molecule has 29 heavy (non-hydrogen) atoms. The third kappa shape index (κ3) is 9.72. The minimum atomic E-state index is -1.28. The Morgan fingerprint density at radius 2 is 1.86 bits per heavy atom. The minimum absolute atomic E-state index is 0.00385. The number of carbonyl (C=O) groups excluding carboxylic acids is 1. The van der Waals surface area contributed by atoms with Crippen LogP contribution in [0.25, 0.3) is 0 Å². The van der Waals surface area contributed by atoms with Gasteiger partial charge in [0.25, 0.3) is 0 Å². The van der Waals surface area contributed by atoms with Gasteiger partial charge in [-0.3, -0.25) is 9.78 Å². The lowest BCUT2D eigenvalue weighted by Gasteiger charge is -2.22. The molecule has 1 aromatic rings. The number of rotatable bonds is 11. The number of alkyl carbamates (subject to hydrolysis) is 1. The average Bonchev–Trinajstić information content (AvgIpc) is 2.61. The minimum Gasteiger partial charge on any atom is -0.489 e. The fourth-order valence-corrected chi connectivity index (χ4v) is 2.41. The number of carbonyl (C=O) groups is 3. The van der Waals surface area contributed by atoms with Crippen LogP contribution in [0, 0.1) is 5.92 Å². The van der Waals surface area contributed by atoms with Crippen molar-refractivity contribution in [2.75, 3.05) is 13.3 Å². The Kier molecular flexibility index (Phi) is 9.30. The quantitative estimate of drug-likeness (QED) is 0.502. The van der Waals surface area contributed by atoms with E-state index in [-0.39, 0.29) is 25.9 Å². The Morgan fingerprint density at radius 1 is 1.17 bits per heavy atom. The largest absolute Gasteiger partial charge is 0.489 e. The molecular weight excluding hydrogens is 387 g/mol. The first-order valence-electron chi connectivity index (χ1n) is 9.10. The number of alkyl halides is 1. The topological polar surface area (TPSA) is 135 Å². The van der Waals surface area contributed by atoms with Gasteiger partial charge in [-0.15, -0.1) is 0 Å². The fraction of sp³-hybridized carbons (Fsp3) is 0.579. The Bertz CT molecular complexity index is 689. The lowest BCUT2D eigenvalue weighted by Crippen LogP contribution is -2.43. The van der Waals surface area contributed by atoms with Crippen molar-refractivity contribution in [3.8, 4) is 5.75 Å². The van der Waals surface area contributed by atoms with E-state index in [1.807, 2.05) is 0 Å². The van der Waals surface area contributed by atoms with Gasteiger partial charge in [0.15, 0.2) is 0 Å². The molecule has 0 bridgehead atoms. The van der Waals surface area contributed by atoms with Crippen molar-refractivity contribution in [3.63, 3.8) is 0 Å². The van der Waals surface area contributed by atoms with Crippen LogP contribution in [0.5, 0.6) is 5.75 Å². The van der Waals surface area contributed by atoms with Crippen LogP contribution in [0.15, 0.2) is 18.3 Å². The van der Waals surface area contributed by atoms with Gasteiger partial charge in [-0.25, -0.2) is 14.0 Å². The van der Waals surface area contributed by atoms with E-state index in [2.05, 4.69) is 10.3 Å². The molecule has 1 aromatic heterocycles. The van der Waals surface area contributed by atoms with E-state index in [1.165, 1.54) is 6.20 Å². The molecule has 1 amide bonds. The van der Waals surface area contributed by atoms with Crippen molar-refractivity contribution in [1.29, 1.82) is 0 Å². The van der Waals surface area contributed by atoms with Crippen molar-refractivity contribution in [2.45, 2.75) is 51.7 Å². The van der Waals surface area contributed by atoms with Crippen molar-refractivity contribution in [3.05, 3.63) is 24.0 Å². The summed E-state index contributed by atoms with van der Waals surface area (Å²) in [6.07, 6.45) is 0.459. The average molecular weight is 414 g/mol. The van der Waals surface area contributed by atoms with E-state index >= 15 is 0 Å². The van der Waals surface area contributed by atoms with Crippen molar-refractivity contribution in [2.24, 2.45) is 5.92 Å². The molecule has 3 N–H and O–H groups in total. The molecule has 0 fully saturated rings. The second-order valence-electron chi connectivity index (χ2n) is 7.38. The maximum Gasteiger partial charge on any atom is 0.408 e. The Morgan fingerprint density at radius 3 is 2.34 bits per heavy atom. The van der Waals surface area contributed by atoms with Crippen LogP contribution >= 0.6 is 0 Å². The Balaban J connectivity index is 2.68. The standard InChI is InChI=1S/C19H27FN2O7/c1-19(2,3)29-18(27)22-15(17(25)26)7-4-12(16(23)24)10-13-5-6-14(11-21-13)28-9-8-20/h5-6,11-12,15H,4,7-10H2,1-3H3,(H,22,27)(H,23,24)(H,25,26)/t12?,15-/m0/s1. The summed E-state index contributed by atoms with van der Waals surface area (Å²) >= 11 is 0. The van der Waals surface area contributed by atoms with E-state index in [4.69, 9.17) is 9.47 Å². The summed E-state index contributed by atoms with van der Waals surface area (Å²) in [5.74, 6) is -2.92. The number of aliphatic carboxylic acids is 2. The molecule has 1 rings (SSSR count). The van der Waals surface area contributed by atoms with Crippen LogP contribution < -0.4 is 10.1 Å². The van der Waals surface area contributed by atoms with Gasteiger partial charge in [-0.1, -0.05) is 0 Å². The molecule has 162 valence electrons. The molecule has 0 spiro atoms. The van der Waals surface area contributed by atoms with Gasteiger partial charge >= 0.3 is 18.0 Å². The molecule has 1 heterocycles. The first kappa shape index (κ1) is 24.1. The number of pyridine rings is 1.